The van der Waals surface area contributed by atoms with Gasteiger partial charge in [0.15, 0.2) is 11.6 Å². The largest absolute Gasteiger partial charge is 0.494 e. The van der Waals surface area contributed by atoms with Crippen LogP contribution in [0.5, 0.6) is 11.5 Å². The van der Waals surface area contributed by atoms with Crippen LogP contribution in [0.15, 0.2) is 48.8 Å². The molecule has 0 saturated heterocycles. The first kappa shape index (κ1) is 26.2. The highest BCUT2D eigenvalue weighted by atomic mass is 35.5. The van der Waals surface area contributed by atoms with Crippen molar-refractivity contribution in [2.45, 2.75) is 25.0 Å². The molecule has 37 heavy (non-hydrogen) atoms. The minimum absolute atomic E-state index is 0.140. The second kappa shape index (κ2) is 10.6. The zero-order chi connectivity index (χ0) is 26.7. The third kappa shape index (κ3) is 5.32. The number of rotatable bonds is 9. The molecule has 0 radical (unpaired) electrons. The Labute approximate surface area is 217 Å². The number of halogens is 2. The van der Waals surface area contributed by atoms with Gasteiger partial charge in [0.05, 0.1) is 31.9 Å². The molecule has 2 atom stereocenters. The summed E-state index contributed by atoms with van der Waals surface area (Å²) < 4.78 is 55.2. The summed E-state index contributed by atoms with van der Waals surface area (Å²) >= 11 is 6.10. The van der Waals surface area contributed by atoms with E-state index in [1.165, 1.54) is 25.7 Å². The van der Waals surface area contributed by atoms with Crippen LogP contribution >= 0.6 is 11.6 Å². The molecule has 0 amide bonds. The molecule has 0 aliphatic rings. The van der Waals surface area contributed by atoms with Gasteiger partial charge in [0.1, 0.15) is 33.9 Å². The molecule has 4 aromatic rings. The molecule has 14 heteroatoms. The topological polar surface area (TPSA) is 134 Å². The van der Waals surface area contributed by atoms with Crippen LogP contribution in [-0.4, -0.2) is 57.6 Å². The third-order valence-corrected chi connectivity index (χ3v) is 7.77. The summed E-state index contributed by atoms with van der Waals surface area (Å²) in [4.78, 5) is 12.1. The molecule has 1 N–H and O–H groups in total. The fraction of sp³-hybridized carbons (Fsp3) is 0.261. The molecule has 0 fully saturated rings. The SMILES string of the molecule is COc1cccc(OC)c1-n1c(NS(=O)(=O)C(C)C(C)c2ncc(F)cn2)nnc1-c1cccc(Cl)n1. The van der Waals surface area contributed by atoms with Gasteiger partial charge in [-0.3, -0.25) is 9.29 Å². The van der Waals surface area contributed by atoms with Crippen LogP contribution < -0.4 is 14.2 Å². The summed E-state index contributed by atoms with van der Waals surface area (Å²) in [7, 11) is -1.16. The molecule has 2 unspecified atom stereocenters. The quantitative estimate of drug-likeness (QED) is 0.310. The number of anilines is 1. The summed E-state index contributed by atoms with van der Waals surface area (Å²) in [5.74, 6) is -0.344. The summed E-state index contributed by atoms with van der Waals surface area (Å²) in [6, 6.07) is 10.0. The molecule has 0 bridgehead atoms. The fourth-order valence-electron chi connectivity index (χ4n) is 3.57. The smallest absolute Gasteiger partial charge is 0.243 e. The molecule has 194 valence electrons. The van der Waals surface area contributed by atoms with Gasteiger partial charge in [0.25, 0.3) is 0 Å². The van der Waals surface area contributed by atoms with E-state index < -0.39 is 27.0 Å². The second-order valence-corrected chi connectivity index (χ2v) is 10.4. The van der Waals surface area contributed by atoms with Crippen LogP contribution in [0.25, 0.3) is 17.2 Å². The van der Waals surface area contributed by atoms with Crippen LogP contribution in [0, 0.1) is 5.82 Å². The molecular formula is C23H23ClFN7O4S. The molecule has 0 aliphatic heterocycles. The van der Waals surface area contributed by atoms with Crippen molar-refractivity contribution in [3.05, 3.63) is 65.6 Å². The number of hydrogen-bond acceptors (Lipinski definition) is 9. The van der Waals surface area contributed by atoms with Crippen molar-refractivity contribution in [2.24, 2.45) is 0 Å². The van der Waals surface area contributed by atoms with E-state index in [1.807, 2.05) is 0 Å². The highest BCUT2D eigenvalue weighted by Gasteiger charge is 2.32. The van der Waals surface area contributed by atoms with E-state index in [2.05, 4.69) is 29.9 Å². The minimum Gasteiger partial charge on any atom is -0.494 e. The predicted octanol–water partition coefficient (Wildman–Crippen LogP) is 3.86. The Bertz CT molecular complexity index is 1490. The molecule has 11 nitrogen and oxygen atoms in total. The van der Waals surface area contributed by atoms with Gasteiger partial charge in [-0.05, 0) is 31.2 Å². The van der Waals surface area contributed by atoms with Crippen molar-refractivity contribution in [1.29, 1.82) is 0 Å². The second-order valence-electron chi connectivity index (χ2n) is 7.94. The number of aromatic nitrogens is 6. The van der Waals surface area contributed by atoms with E-state index in [-0.39, 0.29) is 22.8 Å². The van der Waals surface area contributed by atoms with E-state index in [0.29, 0.717) is 22.9 Å². The van der Waals surface area contributed by atoms with Crippen LogP contribution in [0.3, 0.4) is 0 Å². The van der Waals surface area contributed by atoms with Crippen molar-refractivity contribution in [1.82, 2.24) is 29.7 Å². The lowest BCUT2D eigenvalue weighted by molar-refractivity contribution is 0.391. The van der Waals surface area contributed by atoms with Gasteiger partial charge < -0.3 is 9.47 Å². The zero-order valence-corrected chi connectivity index (χ0v) is 21.8. The van der Waals surface area contributed by atoms with E-state index in [1.54, 1.807) is 43.3 Å². The number of pyridine rings is 1. The van der Waals surface area contributed by atoms with Crippen molar-refractivity contribution in [3.8, 4) is 28.7 Å². The Hall–Kier alpha value is -3.84. The average Bonchev–Trinajstić information content (AvgIpc) is 3.29. The van der Waals surface area contributed by atoms with Gasteiger partial charge in [0.2, 0.25) is 16.0 Å². The first-order valence-corrected chi connectivity index (χ1v) is 12.9. The molecule has 0 saturated carbocycles. The lowest BCUT2D eigenvalue weighted by Crippen LogP contribution is -2.31. The van der Waals surface area contributed by atoms with Crippen LogP contribution in [0.2, 0.25) is 5.15 Å². The highest BCUT2D eigenvalue weighted by molar-refractivity contribution is 7.93. The van der Waals surface area contributed by atoms with Crippen LogP contribution in [0.4, 0.5) is 10.3 Å². The van der Waals surface area contributed by atoms with Crippen LogP contribution in [0.1, 0.15) is 25.6 Å². The van der Waals surface area contributed by atoms with Crippen molar-refractivity contribution >= 4 is 27.6 Å². The van der Waals surface area contributed by atoms with Gasteiger partial charge in [0, 0.05) is 5.92 Å². The molecule has 0 spiro atoms. The number of ether oxygens (including phenoxy) is 2. The lowest BCUT2D eigenvalue weighted by atomic mass is 10.1. The van der Waals surface area contributed by atoms with E-state index in [0.717, 1.165) is 12.4 Å². The standard InChI is InChI=1S/C23H23ClFN7O4S/c1-13(21-26-11-15(25)12-27-21)14(2)37(33,34)31-23-30-29-22(16-7-5-10-19(24)28-16)32(23)20-17(35-3)8-6-9-18(20)36-4/h5-14H,1-4H3,(H,30,31). The van der Waals surface area contributed by atoms with E-state index in [4.69, 9.17) is 21.1 Å². The monoisotopic (exact) mass is 547 g/mol. The van der Waals surface area contributed by atoms with Crippen molar-refractivity contribution < 1.29 is 22.3 Å². The number of nitrogens with one attached hydrogen (secondary N) is 1. The average molecular weight is 548 g/mol. The molecule has 3 aromatic heterocycles. The Morgan fingerprint density at radius 1 is 1.00 bits per heavy atom. The maximum absolute atomic E-state index is 13.5. The lowest BCUT2D eigenvalue weighted by Gasteiger charge is -2.21. The molecule has 1 aromatic carbocycles. The predicted molar refractivity (Wildman–Crippen MR) is 135 cm³/mol. The number of benzene rings is 1. The molecule has 4 rings (SSSR count). The third-order valence-electron chi connectivity index (χ3n) is 5.71. The van der Waals surface area contributed by atoms with Crippen molar-refractivity contribution in [2.75, 3.05) is 18.9 Å². The Kier molecular flexibility index (Phi) is 7.55. The number of para-hydroxylation sites is 1. The maximum Gasteiger partial charge on any atom is 0.243 e. The summed E-state index contributed by atoms with van der Waals surface area (Å²) in [6.45, 7) is 3.12. The highest BCUT2D eigenvalue weighted by Crippen LogP contribution is 2.38. The van der Waals surface area contributed by atoms with Gasteiger partial charge in [-0.1, -0.05) is 30.7 Å². The number of sulfonamides is 1. The Balaban J connectivity index is 1.83. The summed E-state index contributed by atoms with van der Waals surface area (Å²) in [5, 5.41) is 7.49. The first-order valence-electron chi connectivity index (χ1n) is 10.9. The summed E-state index contributed by atoms with van der Waals surface area (Å²) in [5.41, 5.74) is 0.675. The Morgan fingerprint density at radius 3 is 2.22 bits per heavy atom. The van der Waals surface area contributed by atoms with Crippen LogP contribution in [-0.2, 0) is 10.0 Å². The number of nitrogens with zero attached hydrogens (tertiary/aromatic N) is 6. The maximum atomic E-state index is 13.5. The van der Waals surface area contributed by atoms with Gasteiger partial charge >= 0.3 is 0 Å². The summed E-state index contributed by atoms with van der Waals surface area (Å²) in [6.07, 6.45) is 1.97. The Morgan fingerprint density at radius 2 is 1.62 bits per heavy atom. The fourth-order valence-corrected chi connectivity index (χ4v) is 4.96. The van der Waals surface area contributed by atoms with E-state index >= 15 is 0 Å². The van der Waals surface area contributed by atoms with Crippen molar-refractivity contribution in [3.63, 3.8) is 0 Å². The number of methoxy groups -OCH3 is 2. The zero-order valence-electron chi connectivity index (χ0n) is 20.3. The minimum atomic E-state index is -4.09. The van der Waals surface area contributed by atoms with E-state index in [9.17, 15) is 12.8 Å². The molecule has 3 heterocycles. The first-order chi connectivity index (χ1) is 17.7. The van der Waals surface area contributed by atoms with Gasteiger partial charge in [-0.15, -0.1) is 10.2 Å². The number of hydrogen-bond donors (Lipinski definition) is 1. The normalized spacial score (nSPS) is 13.1. The molecular weight excluding hydrogens is 525 g/mol. The van der Waals surface area contributed by atoms with Gasteiger partial charge in [-0.25, -0.2) is 27.8 Å². The van der Waals surface area contributed by atoms with Gasteiger partial charge in [-0.2, -0.15) is 0 Å². The molecule has 0 aliphatic carbocycles.